The summed E-state index contributed by atoms with van der Waals surface area (Å²) in [6.07, 6.45) is -6.18. The van der Waals surface area contributed by atoms with Crippen LogP contribution in [0.3, 0.4) is 0 Å². The minimum absolute atomic E-state index is 0.236. The van der Waals surface area contributed by atoms with Crippen LogP contribution in [-0.2, 0) is 11.3 Å². The molecule has 0 saturated heterocycles. The van der Waals surface area contributed by atoms with Gasteiger partial charge in [-0.25, -0.2) is 5.84 Å². The highest BCUT2D eigenvalue weighted by atomic mass is 32.1. The highest BCUT2D eigenvalue weighted by Gasteiger charge is 2.37. The third-order valence-corrected chi connectivity index (χ3v) is 2.34. The van der Waals surface area contributed by atoms with Gasteiger partial charge in [0.1, 0.15) is 11.6 Å². The van der Waals surface area contributed by atoms with Crippen LogP contribution in [0.1, 0.15) is 11.9 Å². The number of nitrogens with two attached hydrogens (primary N) is 1. The van der Waals surface area contributed by atoms with Crippen LogP contribution in [0.15, 0.2) is 0 Å². The van der Waals surface area contributed by atoms with Crippen LogP contribution in [0, 0.1) is 0 Å². The Morgan fingerprint density at radius 1 is 1.53 bits per heavy atom. The molecule has 0 aliphatic carbocycles. The van der Waals surface area contributed by atoms with E-state index >= 15 is 0 Å². The molecular weight excluding hydrogens is 233 g/mol. The topological polar surface area (TPSA) is 73.1 Å². The van der Waals surface area contributed by atoms with Crippen LogP contribution in [0.5, 0.6) is 0 Å². The van der Waals surface area contributed by atoms with E-state index in [1.165, 1.54) is 0 Å². The molecule has 0 fully saturated rings. The van der Waals surface area contributed by atoms with Crippen molar-refractivity contribution in [3.63, 3.8) is 0 Å². The first-order valence-electron chi connectivity index (χ1n) is 3.91. The van der Waals surface area contributed by atoms with E-state index in [2.05, 4.69) is 20.4 Å². The molecule has 5 nitrogen and oxygen atoms in total. The van der Waals surface area contributed by atoms with Crippen LogP contribution in [0.25, 0.3) is 0 Å². The van der Waals surface area contributed by atoms with Crippen molar-refractivity contribution >= 4 is 16.5 Å². The zero-order chi connectivity index (χ0) is 11.5. The third-order valence-electron chi connectivity index (χ3n) is 1.51. The van der Waals surface area contributed by atoms with Gasteiger partial charge in [0, 0.05) is 0 Å². The van der Waals surface area contributed by atoms with E-state index in [1.807, 2.05) is 0 Å². The molecule has 3 N–H and O–H groups in total. The standard InChI is InChI=1S/C6H9F3N4OS/c1-3(6(7,8)9)14-2-4-12-13-5(11-10)15-4/h3H,2,10H2,1H3,(H,11,13). The molecule has 0 aromatic carbocycles. The fraction of sp³-hybridized carbons (Fsp3) is 0.667. The number of hydrazine groups is 1. The molecule has 0 aliphatic heterocycles. The zero-order valence-electron chi connectivity index (χ0n) is 7.71. The van der Waals surface area contributed by atoms with Gasteiger partial charge in [0.2, 0.25) is 5.13 Å². The van der Waals surface area contributed by atoms with Gasteiger partial charge in [-0.05, 0) is 6.92 Å². The largest absolute Gasteiger partial charge is 0.414 e. The predicted octanol–water partition coefficient (Wildman–Crippen LogP) is 1.29. The van der Waals surface area contributed by atoms with Crippen molar-refractivity contribution in [1.82, 2.24) is 10.2 Å². The summed E-state index contributed by atoms with van der Waals surface area (Å²) < 4.78 is 40.7. The van der Waals surface area contributed by atoms with E-state index in [1.54, 1.807) is 0 Å². The van der Waals surface area contributed by atoms with E-state index in [-0.39, 0.29) is 6.61 Å². The van der Waals surface area contributed by atoms with E-state index in [0.29, 0.717) is 10.1 Å². The highest BCUT2D eigenvalue weighted by Crippen LogP contribution is 2.24. The van der Waals surface area contributed by atoms with Crippen LogP contribution in [0.4, 0.5) is 18.3 Å². The first-order chi connectivity index (χ1) is 6.93. The van der Waals surface area contributed by atoms with Crippen molar-refractivity contribution in [3.05, 3.63) is 5.01 Å². The van der Waals surface area contributed by atoms with Crippen LogP contribution >= 0.6 is 11.3 Å². The minimum Gasteiger partial charge on any atom is -0.362 e. The fourth-order valence-corrected chi connectivity index (χ4v) is 1.23. The lowest BCUT2D eigenvalue weighted by Gasteiger charge is -2.14. The molecular formula is C6H9F3N4OS. The number of ether oxygens (including phenoxy) is 1. The van der Waals surface area contributed by atoms with Crippen molar-refractivity contribution in [1.29, 1.82) is 0 Å². The first kappa shape index (κ1) is 12.1. The first-order valence-corrected chi connectivity index (χ1v) is 4.72. The molecule has 1 rings (SSSR count). The Morgan fingerprint density at radius 3 is 2.67 bits per heavy atom. The minimum atomic E-state index is -4.36. The lowest BCUT2D eigenvalue weighted by molar-refractivity contribution is -0.217. The smallest absolute Gasteiger partial charge is 0.362 e. The van der Waals surface area contributed by atoms with Gasteiger partial charge < -0.3 is 4.74 Å². The van der Waals surface area contributed by atoms with Gasteiger partial charge in [0.05, 0.1) is 0 Å². The Kier molecular flexibility index (Phi) is 3.83. The average Bonchev–Trinajstić information content (AvgIpc) is 2.60. The highest BCUT2D eigenvalue weighted by molar-refractivity contribution is 7.15. The van der Waals surface area contributed by atoms with E-state index in [9.17, 15) is 13.2 Å². The number of hydrogen-bond acceptors (Lipinski definition) is 6. The van der Waals surface area contributed by atoms with Gasteiger partial charge in [-0.2, -0.15) is 13.2 Å². The maximum Gasteiger partial charge on any atom is 0.414 e. The molecule has 0 bridgehead atoms. The Bertz CT molecular complexity index is 316. The van der Waals surface area contributed by atoms with Gasteiger partial charge in [0.25, 0.3) is 0 Å². The Balaban J connectivity index is 2.43. The SMILES string of the molecule is CC(OCc1nnc(NN)s1)C(F)(F)F. The van der Waals surface area contributed by atoms with Crippen LogP contribution in [-0.4, -0.2) is 22.5 Å². The number of nitrogens with zero attached hydrogens (tertiary/aromatic N) is 2. The lowest BCUT2D eigenvalue weighted by atomic mass is 10.4. The van der Waals surface area contributed by atoms with Crippen LogP contribution in [0.2, 0.25) is 0 Å². The molecule has 86 valence electrons. The maximum absolute atomic E-state index is 12.0. The molecule has 0 saturated carbocycles. The van der Waals surface area contributed by atoms with Gasteiger partial charge in [-0.15, -0.1) is 10.2 Å². The normalized spacial score (nSPS) is 13.9. The summed E-state index contributed by atoms with van der Waals surface area (Å²) in [5.41, 5.74) is 2.23. The summed E-state index contributed by atoms with van der Waals surface area (Å²) in [7, 11) is 0. The number of hydrogen-bond donors (Lipinski definition) is 2. The molecule has 1 unspecified atom stereocenters. The monoisotopic (exact) mass is 242 g/mol. The third kappa shape index (κ3) is 3.61. The number of rotatable bonds is 4. The second-order valence-electron chi connectivity index (χ2n) is 2.64. The van der Waals surface area contributed by atoms with Crippen molar-refractivity contribution in [2.45, 2.75) is 25.8 Å². The lowest BCUT2D eigenvalue weighted by Crippen LogP contribution is -2.28. The van der Waals surface area contributed by atoms with E-state index in [0.717, 1.165) is 18.3 Å². The van der Waals surface area contributed by atoms with Crippen molar-refractivity contribution in [3.8, 4) is 0 Å². The maximum atomic E-state index is 12.0. The number of aromatic nitrogens is 2. The van der Waals surface area contributed by atoms with Crippen LogP contribution < -0.4 is 11.3 Å². The number of nitrogens with one attached hydrogen (secondary N) is 1. The molecule has 0 amide bonds. The van der Waals surface area contributed by atoms with Crippen molar-refractivity contribution in [2.24, 2.45) is 5.84 Å². The molecule has 1 aromatic heterocycles. The molecule has 9 heteroatoms. The quantitative estimate of drug-likeness (QED) is 0.614. The summed E-state index contributed by atoms with van der Waals surface area (Å²) in [6, 6.07) is 0. The predicted molar refractivity (Wildman–Crippen MR) is 48.0 cm³/mol. The zero-order valence-corrected chi connectivity index (χ0v) is 8.52. The van der Waals surface area contributed by atoms with E-state index < -0.39 is 12.3 Å². The van der Waals surface area contributed by atoms with Gasteiger partial charge >= 0.3 is 6.18 Å². The van der Waals surface area contributed by atoms with E-state index in [4.69, 9.17) is 5.84 Å². The summed E-state index contributed by atoms with van der Waals surface area (Å²) in [5, 5.41) is 7.78. The molecule has 1 heterocycles. The summed E-state index contributed by atoms with van der Waals surface area (Å²) >= 11 is 1.03. The van der Waals surface area contributed by atoms with Crippen molar-refractivity contribution in [2.75, 3.05) is 5.43 Å². The fourth-order valence-electron chi connectivity index (χ4n) is 0.661. The number of nitrogen functional groups attached to an aromatic ring is 1. The number of alkyl halides is 3. The van der Waals surface area contributed by atoms with Gasteiger partial charge in [0.15, 0.2) is 6.10 Å². The molecule has 0 spiro atoms. The summed E-state index contributed by atoms with van der Waals surface area (Å²) in [4.78, 5) is 0. The second kappa shape index (κ2) is 4.73. The number of anilines is 1. The van der Waals surface area contributed by atoms with Gasteiger partial charge in [-0.1, -0.05) is 11.3 Å². The Labute approximate surface area is 87.4 Å². The molecule has 1 aromatic rings. The Morgan fingerprint density at radius 2 is 2.20 bits per heavy atom. The summed E-state index contributed by atoms with van der Waals surface area (Å²) in [6.45, 7) is 0.698. The second-order valence-corrected chi connectivity index (χ2v) is 3.70. The molecule has 0 aliphatic rings. The number of halogens is 3. The molecule has 15 heavy (non-hydrogen) atoms. The molecule has 0 radical (unpaired) electrons. The molecule has 1 atom stereocenters. The van der Waals surface area contributed by atoms with Crippen molar-refractivity contribution < 1.29 is 17.9 Å². The summed E-state index contributed by atoms with van der Waals surface area (Å²) in [5.74, 6) is 5.03. The Hall–Kier alpha value is -0.930. The van der Waals surface area contributed by atoms with Gasteiger partial charge in [-0.3, -0.25) is 5.43 Å². The average molecular weight is 242 g/mol.